The van der Waals surface area contributed by atoms with E-state index in [-0.39, 0.29) is 5.91 Å². The Morgan fingerprint density at radius 1 is 1.47 bits per heavy atom. The van der Waals surface area contributed by atoms with E-state index in [9.17, 15) is 4.79 Å². The molecular weight excluding hydrogens is 244 g/mol. The third-order valence-corrected chi connectivity index (χ3v) is 3.24. The minimum Gasteiger partial charge on any atom is -0.469 e. The van der Waals surface area contributed by atoms with Crippen molar-refractivity contribution < 1.29 is 13.9 Å². The van der Waals surface area contributed by atoms with Crippen LogP contribution in [0.25, 0.3) is 0 Å². The van der Waals surface area contributed by atoms with Crippen LogP contribution in [0.1, 0.15) is 25.0 Å². The lowest BCUT2D eigenvalue weighted by molar-refractivity contribution is -0.122. The highest BCUT2D eigenvalue weighted by atomic mass is 16.5. The average Bonchev–Trinajstić information content (AvgIpc) is 2.93. The van der Waals surface area contributed by atoms with Gasteiger partial charge in [0.25, 0.3) is 0 Å². The molecule has 1 aromatic rings. The number of piperidine rings is 1. The minimum atomic E-state index is 0.0421. The van der Waals surface area contributed by atoms with Crippen molar-refractivity contribution in [3.8, 4) is 0 Å². The highest BCUT2D eigenvalue weighted by Gasteiger charge is 2.13. The summed E-state index contributed by atoms with van der Waals surface area (Å²) in [6.45, 7) is 3.15. The number of carbonyl (C=O) groups excluding carboxylic acids is 1. The molecule has 106 valence electrons. The second-order valence-corrected chi connectivity index (χ2v) is 4.75. The zero-order valence-corrected chi connectivity index (χ0v) is 11.2. The van der Waals surface area contributed by atoms with E-state index in [1.807, 2.05) is 12.1 Å². The molecule has 1 aliphatic heterocycles. The number of rotatable bonds is 7. The maximum absolute atomic E-state index is 11.6. The number of hydrogen-bond donors (Lipinski definition) is 2. The van der Waals surface area contributed by atoms with Crippen LogP contribution in [-0.4, -0.2) is 38.3 Å². The van der Waals surface area contributed by atoms with Gasteiger partial charge in [-0.15, -0.1) is 0 Å². The molecule has 0 atom stereocenters. The summed E-state index contributed by atoms with van der Waals surface area (Å²) in [6, 6.07) is 3.76. The van der Waals surface area contributed by atoms with Crippen LogP contribution in [0.15, 0.2) is 22.8 Å². The Hall–Kier alpha value is -1.33. The highest BCUT2D eigenvalue weighted by molar-refractivity contribution is 5.75. The summed E-state index contributed by atoms with van der Waals surface area (Å²) in [4.78, 5) is 11.6. The van der Waals surface area contributed by atoms with Crippen molar-refractivity contribution in [3.63, 3.8) is 0 Å². The van der Waals surface area contributed by atoms with Crippen molar-refractivity contribution in [2.24, 2.45) is 0 Å². The van der Waals surface area contributed by atoms with Gasteiger partial charge >= 0.3 is 0 Å². The Kier molecular flexibility index (Phi) is 5.91. The van der Waals surface area contributed by atoms with Gasteiger partial charge in [0.1, 0.15) is 5.76 Å². The van der Waals surface area contributed by atoms with Crippen LogP contribution in [-0.2, 0) is 16.0 Å². The van der Waals surface area contributed by atoms with E-state index in [0.29, 0.717) is 25.7 Å². The van der Waals surface area contributed by atoms with E-state index in [1.54, 1.807) is 6.26 Å². The number of furan rings is 1. The predicted octanol–water partition coefficient (Wildman–Crippen LogP) is 1.10. The summed E-state index contributed by atoms with van der Waals surface area (Å²) in [6.07, 6.45) is 5.21. The van der Waals surface area contributed by atoms with E-state index >= 15 is 0 Å². The molecule has 0 saturated carbocycles. The van der Waals surface area contributed by atoms with Crippen LogP contribution in [0.2, 0.25) is 0 Å². The van der Waals surface area contributed by atoms with E-state index < -0.39 is 0 Å². The summed E-state index contributed by atoms with van der Waals surface area (Å²) in [5, 5.41) is 6.15. The average molecular weight is 266 g/mol. The molecule has 1 aliphatic rings. The Bertz CT molecular complexity index is 359. The standard InChI is InChI=1S/C14H22N2O3/c17-14(16-9-5-12-2-1-10-18-12)6-11-19-13-3-7-15-8-4-13/h1-2,10,13,15H,3-9,11H2,(H,16,17). The summed E-state index contributed by atoms with van der Waals surface area (Å²) in [7, 11) is 0. The minimum absolute atomic E-state index is 0.0421. The Labute approximate surface area is 113 Å². The van der Waals surface area contributed by atoms with Gasteiger partial charge in [-0.25, -0.2) is 0 Å². The molecule has 0 spiro atoms. The van der Waals surface area contributed by atoms with Gasteiger partial charge in [-0.2, -0.15) is 0 Å². The number of nitrogens with one attached hydrogen (secondary N) is 2. The van der Waals surface area contributed by atoms with Crippen molar-refractivity contribution in [2.75, 3.05) is 26.2 Å². The number of carbonyl (C=O) groups is 1. The van der Waals surface area contributed by atoms with E-state index in [4.69, 9.17) is 9.15 Å². The molecule has 19 heavy (non-hydrogen) atoms. The van der Waals surface area contributed by atoms with Gasteiger partial charge in [0.05, 0.1) is 19.0 Å². The van der Waals surface area contributed by atoms with Crippen LogP contribution in [0.3, 0.4) is 0 Å². The Morgan fingerprint density at radius 3 is 3.05 bits per heavy atom. The lowest BCUT2D eigenvalue weighted by Crippen LogP contribution is -2.33. The summed E-state index contributed by atoms with van der Waals surface area (Å²) < 4.78 is 10.9. The molecular formula is C14H22N2O3. The smallest absolute Gasteiger partial charge is 0.222 e. The van der Waals surface area contributed by atoms with Crippen molar-refractivity contribution in [1.29, 1.82) is 0 Å². The molecule has 5 nitrogen and oxygen atoms in total. The Morgan fingerprint density at radius 2 is 2.32 bits per heavy atom. The van der Waals surface area contributed by atoms with Crippen LogP contribution < -0.4 is 10.6 Å². The maximum atomic E-state index is 11.6. The van der Waals surface area contributed by atoms with Crippen LogP contribution in [0.4, 0.5) is 0 Å². The molecule has 5 heteroatoms. The number of ether oxygens (including phenoxy) is 1. The molecule has 0 radical (unpaired) electrons. The molecule has 2 N–H and O–H groups in total. The van der Waals surface area contributed by atoms with Crippen LogP contribution in [0.5, 0.6) is 0 Å². The first-order valence-corrected chi connectivity index (χ1v) is 6.96. The molecule has 1 aromatic heterocycles. The maximum Gasteiger partial charge on any atom is 0.222 e. The van der Waals surface area contributed by atoms with Crippen molar-refractivity contribution in [1.82, 2.24) is 10.6 Å². The van der Waals surface area contributed by atoms with Gasteiger partial charge in [-0.3, -0.25) is 4.79 Å². The van der Waals surface area contributed by atoms with E-state index in [1.165, 1.54) is 0 Å². The molecule has 0 aromatic carbocycles. The zero-order valence-electron chi connectivity index (χ0n) is 11.2. The monoisotopic (exact) mass is 266 g/mol. The van der Waals surface area contributed by atoms with Crippen molar-refractivity contribution in [3.05, 3.63) is 24.2 Å². The van der Waals surface area contributed by atoms with E-state index in [2.05, 4.69) is 10.6 Å². The first-order valence-electron chi connectivity index (χ1n) is 6.96. The molecule has 0 unspecified atom stereocenters. The Balaban J connectivity index is 1.49. The van der Waals surface area contributed by atoms with Crippen molar-refractivity contribution in [2.45, 2.75) is 31.8 Å². The van der Waals surface area contributed by atoms with Gasteiger partial charge < -0.3 is 19.8 Å². The predicted molar refractivity (Wildman–Crippen MR) is 71.9 cm³/mol. The van der Waals surface area contributed by atoms with E-state index in [0.717, 1.165) is 38.1 Å². The summed E-state index contributed by atoms with van der Waals surface area (Å²) >= 11 is 0. The fourth-order valence-electron chi connectivity index (χ4n) is 2.15. The van der Waals surface area contributed by atoms with Crippen molar-refractivity contribution >= 4 is 5.91 Å². The SMILES string of the molecule is O=C(CCOC1CCNCC1)NCCc1ccco1. The fraction of sp³-hybridized carbons (Fsp3) is 0.643. The first-order chi connectivity index (χ1) is 9.34. The summed E-state index contributed by atoms with van der Waals surface area (Å²) in [5.41, 5.74) is 0. The summed E-state index contributed by atoms with van der Waals surface area (Å²) in [5.74, 6) is 0.937. The molecule has 0 aliphatic carbocycles. The third kappa shape index (κ3) is 5.44. The highest BCUT2D eigenvalue weighted by Crippen LogP contribution is 2.07. The van der Waals surface area contributed by atoms with Crippen LogP contribution in [0, 0.1) is 0 Å². The second-order valence-electron chi connectivity index (χ2n) is 4.75. The lowest BCUT2D eigenvalue weighted by Gasteiger charge is -2.22. The normalized spacial score (nSPS) is 16.4. The van der Waals surface area contributed by atoms with Gasteiger partial charge in [0.15, 0.2) is 0 Å². The molecule has 0 bridgehead atoms. The lowest BCUT2D eigenvalue weighted by atomic mass is 10.1. The quantitative estimate of drug-likeness (QED) is 0.775. The zero-order chi connectivity index (χ0) is 13.3. The van der Waals surface area contributed by atoms with Gasteiger partial charge in [0.2, 0.25) is 5.91 Å². The van der Waals surface area contributed by atoms with Gasteiger partial charge in [-0.1, -0.05) is 0 Å². The molecule has 1 amide bonds. The topological polar surface area (TPSA) is 63.5 Å². The fourth-order valence-corrected chi connectivity index (χ4v) is 2.15. The molecule has 1 saturated heterocycles. The first kappa shape index (κ1) is 14.1. The van der Waals surface area contributed by atoms with Crippen LogP contribution >= 0.6 is 0 Å². The molecule has 2 rings (SSSR count). The van der Waals surface area contributed by atoms with Gasteiger partial charge in [-0.05, 0) is 38.1 Å². The number of amides is 1. The third-order valence-electron chi connectivity index (χ3n) is 3.24. The number of hydrogen-bond acceptors (Lipinski definition) is 4. The second kappa shape index (κ2) is 7.96. The molecule has 1 fully saturated rings. The van der Waals surface area contributed by atoms with Gasteiger partial charge in [0, 0.05) is 19.4 Å². The largest absolute Gasteiger partial charge is 0.469 e. The molecule has 2 heterocycles.